The molecule has 2 rings (SSSR count). The molecular formula is C11H12F2N2O. The molecule has 1 saturated heterocycles. The predicted octanol–water partition coefficient (Wildman–Crippen LogP) is 1.06. The quantitative estimate of drug-likeness (QED) is 0.791. The van der Waals surface area contributed by atoms with Crippen LogP contribution in [0.1, 0.15) is 16.8 Å². The monoisotopic (exact) mass is 226 g/mol. The molecule has 0 aromatic heterocycles. The van der Waals surface area contributed by atoms with Gasteiger partial charge in [-0.2, -0.15) is 0 Å². The average molecular weight is 226 g/mol. The van der Waals surface area contributed by atoms with E-state index < -0.39 is 23.1 Å². The van der Waals surface area contributed by atoms with Crippen molar-refractivity contribution in [1.29, 1.82) is 0 Å². The van der Waals surface area contributed by atoms with Crippen LogP contribution in [0.5, 0.6) is 0 Å². The first kappa shape index (κ1) is 11.0. The van der Waals surface area contributed by atoms with Crippen molar-refractivity contribution >= 4 is 5.91 Å². The van der Waals surface area contributed by atoms with Gasteiger partial charge in [-0.05, 0) is 25.1 Å². The van der Waals surface area contributed by atoms with Crippen LogP contribution in [0.4, 0.5) is 8.78 Å². The molecule has 0 aliphatic carbocycles. The van der Waals surface area contributed by atoms with Gasteiger partial charge in [0.25, 0.3) is 5.91 Å². The largest absolute Gasteiger partial charge is 0.348 e. The first-order valence-corrected chi connectivity index (χ1v) is 5.14. The molecule has 1 aliphatic rings. The van der Waals surface area contributed by atoms with Gasteiger partial charge in [0, 0.05) is 12.6 Å². The minimum Gasteiger partial charge on any atom is -0.348 e. The molecule has 16 heavy (non-hydrogen) atoms. The molecule has 86 valence electrons. The first-order valence-electron chi connectivity index (χ1n) is 5.14. The third kappa shape index (κ3) is 2.19. The van der Waals surface area contributed by atoms with Crippen LogP contribution in [0, 0.1) is 11.6 Å². The van der Waals surface area contributed by atoms with Crippen molar-refractivity contribution in [2.24, 2.45) is 0 Å². The minimum atomic E-state index is -0.830. The summed E-state index contributed by atoms with van der Waals surface area (Å²) in [6.07, 6.45) is 0.780. The number of rotatable bonds is 2. The van der Waals surface area contributed by atoms with E-state index in [1.165, 1.54) is 6.07 Å². The smallest absolute Gasteiger partial charge is 0.257 e. The SMILES string of the molecule is O=C(N[C@H]1CCNC1)c1c(F)cccc1F. The Morgan fingerprint density at radius 2 is 2.06 bits per heavy atom. The fourth-order valence-corrected chi connectivity index (χ4v) is 1.75. The van der Waals surface area contributed by atoms with Gasteiger partial charge in [-0.25, -0.2) is 8.78 Å². The second kappa shape index (κ2) is 4.57. The van der Waals surface area contributed by atoms with Crippen LogP contribution in [0.15, 0.2) is 18.2 Å². The molecule has 1 aromatic carbocycles. The van der Waals surface area contributed by atoms with Crippen molar-refractivity contribution in [3.63, 3.8) is 0 Å². The lowest BCUT2D eigenvalue weighted by atomic mass is 10.1. The maximum absolute atomic E-state index is 13.3. The van der Waals surface area contributed by atoms with Crippen molar-refractivity contribution in [2.45, 2.75) is 12.5 Å². The summed E-state index contributed by atoms with van der Waals surface area (Å²) in [4.78, 5) is 11.6. The Morgan fingerprint density at radius 3 is 2.62 bits per heavy atom. The maximum Gasteiger partial charge on any atom is 0.257 e. The van der Waals surface area contributed by atoms with Crippen LogP contribution in [0.3, 0.4) is 0 Å². The second-order valence-corrected chi connectivity index (χ2v) is 3.76. The van der Waals surface area contributed by atoms with Crippen molar-refractivity contribution in [3.8, 4) is 0 Å². The van der Waals surface area contributed by atoms with Crippen LogP contribution in [-0.2, 0) is 0 Å². The summed E-state index contributed by atoms with van der Waals surface area (Å²) in [5.74, 6) is -2.35. The summed E-state index contributed by atoms with van der Waals surface area (Å²) in [6, 6.07) is 3.33. The zero-order valence-corrected chi connectivity index (χ0v) is 8.59. The van der Waals surface area contributed by atoms with E-state index in [0.717, 1.165) is 25.1 Å². The van der Waals surface area contributed by atoms with Crippen LogP contribution in [-0.4, -0.2) is 25.0 Å². The molecule has 1 aliphatic heterocycles. The number of nitrogens with one attached hydrogen (secondary N) is 2. The summed E-state index contributed by atoms with van der Waals surface area (Å²) in [5.41, 5.74) is -0.505. The lowest BCUT2D eigenvalue weighted by molar-refractivity contribution is 0.0931. The topological polar surface area (TPSA) is 41.1 Å². The van der Waals surface area contributed by atoms with Gasteiger partial charge in [-0.3, -0.25) is 4.79 Å². The van der Waals surface area contributed by atoms with Crippen molar-refractivity contribution < 1.29 is 13.6 Å². The van der Waals surface area contributed by atoms with Gasteiger partial charge >= 0.3 is 0 Å². The normalized spacial score (nSPS) is 19.8. The molecule has 0 saturated carbocycles. The Balaban J connectivity index is 2.13. The Labute approximate surface area is 91.8 Å². The van der Waals surface area contributed by atoms with Crippen molar-refractivity contribution in [3.05, 3.63) is 35.4 Å². The van der Waals surface area contributed by atoms with E-state index in [4.69, 9.17) is 0 Å². The Bertz CT molecular complexity index is 383. The molecule has 3 nitrogen and oxygen atoms in total. The van der Waals surface area contributed by atoms with E-state index >= 15 is 0 Å². The Morgan fingerprint density at radius 1 is 1.38 bits per heavy atom. The summed E-state index contributed by atoms with van der Waals surface area (Å²) < 4.78 is 26.5. The highest BCUT2D eigenvalue weighted by atomic mass is 19.1. The van der Waals surface area contributed by atoms with Crippen LogP contribution < -0.4 is 10.6 Å². The van der Waals surface area contributed by atoms with Gasteiger partial charge in [0.1, 0.15) is 17.2 Å². The van der Waals surface area contributed by atoms with Gasteiger partial charge in [0.15, 0.2) is 0 Å². The van der Waals surface area contributed by atoms with Crippen LogP contribution >= 0.6 is 0 Å². The number of carbonyl (C=O) groups excluding carboxylic acids is 1. The van der Waals surface area contributed by atoms with Gasteiger partial charge in [0.2, 0.25) is 0 Å². The first-order chi connectivity index (χ1) is 7.68. The van der Waals surface area contributed by atoms with Gasteiger partial charge in [0.05, 0.1) is 0 Å². The molecule has 0 radical (unpaired) electrons. The highest BCUT2D eigenvalue weighted by Gasteiger charge is 2.21. The molecule has 1 heterocycles. The fourth-order valence-electron chi connectivity index (χ4n) is 1.75. The molecular weight excluding hydrogens is 214 g/mol. The Kier molecular flexibility index (Phi) is 3.14. The predicted molar refractivity (Wildman–Crippen MR) is 55.1 cm³/mol. The molecule has 1 amide bonds. The van der Waals surface area contributed by atoms with E-state index in [1.54, 1.807) is 0 Å². The molecule has 1 fully saturated rings. The molecule has 2 N–H and O–H groups in total. The zero-order chi connectivity index (χ0) is 11.5. The second-order valence-electron chi connectivity index (χ2n) is 3.76. The average Bonchev–Trinajstić information content (AvgIpc) is 2.70. The molecule has 0 unspecified atom stereocenters. The molecule has 0 spiro atoms. The molecule has 5 heteroatoms. The van der Waals surface area contributed by atoms with E-state index in [2.05, 4.69) is 10.6 Å². The lowest BCUT2D eigenvalue weighted by Crippen LogP contribution is -2.37. The number of carbonyl (C=O) groups is 1. The number of amides is 1. The van der Waals surface area contributed by atoms with Crippen LogP contribution in [0.25, 0.3) is 0 Å². The van der Waals surface area contributed by atoms with Crippen LogP contribution in [0.2, 0.25) is 0 Å². The van der Waals surface area contributed by atoms with E-state index in [0.29, 0.717) is 6.54 Å². The summed E-state index contributed by atoms with van der Waals surface area (Å²) in [7, 11) is 0. The third-order valence-electron chi connectivity index (χ3n) is 2.59. The number of benzene rings is 1. The maximum atomic E-state index is 13.3. The molecule has 1 atom stereocenters. The number of hydrogen-bond donors (Lipinski definition) is 2. The van der Waals surface area contributed by atoms with E-state index in [-0.39, 0.29) is 6.04 Å². The minimum absolute atomic E-state index is 0.0495. The fraction of sp³-hybridized carbons (Fsp3) is 0.364. The highest BCUT2D eigenvalue weighted by Crippen LogP contribution is 2.12. The number of halogens is 2. The van der Waals surface area contributed by atoms with Crippen molar-refractivity contribution in [2.75, 3.05) is 13.1 Å². The molecule has 1 aromatic rings. The summed E-state index contributed by atoms with van der Waals surface area (Å²) in [5, 5.41) is 5.65. The third-order valence-corrected chi connectivity index (χ3v) is 2.59. The van der Waals surface area contributed by atoms with Gasteiger partial charge in [-0.15, -0.1) is 0 Å². The molecule has 0 bridgehead atoms. The zero-order valence-electron chi connectivity index (χ0n) is 8.59. The van der Waals surface area contributed by atoms with E-state index in [1.807, 2.05) is 0 Å². The van der Waals surface area contributed by atoms with Gasteiger partial charge in [-0.1, -0.05) is 6.07 Å². The number of hydrogen-bond acceptors (Lipinski definition) is 2. The van der Waals surface area contributed by atoms with E-state index in [9.17, 15) is 13.6 Å². The Hall–Kier alpha value is -1.49. The van der Waals surface area contributed by atoms with Gasteiger partial charge < -0.3 is 10.6 Å². The summed E-state index contributed by atoms with van der Waals surface area (Å²) in [6.45, 7) is 1.45. The van der Waals surface area contributed by atoms with Crippen molar-refractivity contribution in [1.82, 2.24) is 10.6 Å². The lowest BCUT2D eigenvalue weighted by Gasteiger charge is -2.11. The summed E-state index contributed by atoms with van der Waals surface area (Å²) >= 11 is 0. The highest BCUT2D eigenvalue weighted by molar-refractivity contribution is 5.94. The standard InChI is InChI=1S/C11H12F2N2O/c12-8-2-1-3-9(13)10(8)11(16)15-7-4-5-14-6-7/h1-3,7,14H,4-6H2,(H,15,16)/t7-/m0/s1.